The molecule has 2 rings (SSSR count). The van der Waals surface area contributed by atoms with Gasteiger partial charge in [0.1, 0.15) is 5.75 Å². The van der Waals surface area contributed by atoms with Crippen LogP contribution in [0, 0.1) is 5.92 Å². The first-order chi connectivity index (χ1) is 11.3. The van der Waals surface area contributed by atoms with Crippen LogP contribution in [-0.2, 0) is 14.3 Å². The fraction of sp³-hybridized carbons (Fsp3) is 0.368. The van der Waals surface area contributed by atoms with Crippen LogP contribution in [-0.4, -0.2) is 35.0 Å². The number of benzene rings is 1. The van der Waals surface area contributed by atoms with Crippen LogP contribution in [0.25, 0.3) is 6.08 Å². The number of rotatable bonds is 5. The third-order valence-electron chi connectivity index (χ3n) is 3.72. The summed E-state index contributed by atoms with van der Waals surface area (Å²) in [6, 6.07) is 6.55. The van der Waals surface area contributed by atoms with Crippen LogP contribution in [0.2, 0.25) is 0 Å². The van der Waals surface area contributed by atoms with E-state index < -0.39 is 5.97 Å². The minimum Gasteiger partial charge on any atom is -0.508 e. The number of phenolic OH excluding ortho intramolecular Hbond substituents is 1. The van der Waals surface area contributed by atoms with E-state index in [1.54, 1.807) is 49.1 Å². The lowest BCUT2D eigenvalue weighted by Crippen LogP contribution is -2.28. The zero-order chi connectivity index (χ0) is 17.9. The van der Waals surface area contributed by atoms with Crippen LogP contribution in [0.3, 0.4) is 0 Å². The standard InChI is InChI=1S/C19H23NO4/c1-5-24-19(23)17-13(4)20(11-12(2)3)18(22)16(17)10-14-7-6-8-15(21)9-14/h6-10,12,21H,5,11H2,1-4H3. The van der Waals surface area contributed by atoms with Gasteiger partial charge in [0.05, 0.1) is 17.8 Å². The van der Waals surface area contributed by atoms with Gasteiger partial charge in [0.2, 0.25) is 0 Å². The Hall–Kier alpha value is -2.56. The molecule has 0 saturated heterocycles. The lowest BCUT2D eigenvalue weighted by atomic mass is 10.0. The number of phenols is 1. The van der Waals surface area contributed by atoms with Crippen LogP contribution in [0.1, 0.15) is 33.3 Å². The van der Waals surface area contributed by atoms with Crippen molar-refractivity contribution >= 4 is 18.0 Å². The number of hydrogen-bond donors (Lipinski definition) is 1. The maximum atomic E-state index is 12.8. The zero-order valence-corrected chi connectivity index (χ0v) is 14.5. The van der Waals surface area contributed by atoms with E-state index in [4.69, 9.17) is 4.74 Å². The van der Waals surface area contributed by atoms with Crippen LogP contribution in [0.5, 0.6) is 5.75 Å². The minimum atomic E-state index is -0.499. The Morgan fingerprint density at radius 2 is 2.08 bits per heavy atom. The number of ether oxygens (including phenoxy) is 1. The van der Waals surface area contributed by atoms with Gasteiger partial charge in [-0.3, -0.25) is 4.79 Å². The van der Waals surface area contributed by atoms with E-state index in [0.29, 0.717) is 29.0 Å². The van der Waals surface area contributed by atoms with Crippen LogP contribution in [0.15, 0.2) is 41.1 Å². The molecule has 0 spiro atoms. The summed E-state index contributed by atoms with van der Waals surface area (Å²) in [4.78, 5) is 26.8. The number of aromatic hydroxyl groups is 1. The van der Waals surface area contributed by atoms with Gasteiger partial charge in [0.15, 0.2) is 0 Å². The van der Waals surface area contributed by atoms with Gasteiger partial charge < -0.3 is 14.7 Å². The highest BCUT2D eigenvalue weighted by atomic mass is 16.5. The van der Waals surface area contributed by atoms with Crippen molar-refractivity contribution in [2.75, 3.05) is 13.2 Å². The quantitative estimate of drug-likeness (QED) is 0.666. The molecule has 0 fully saturated rings. The first-order valence-corrected chi connectivity index (χ1v) is 8.06. The maximum absolute atomic E-state index is 12.8. The summed E-state index contributed by atoms with van der Waals surface area (Å²) in [5.74, 6) is -0.340. The van der Waals surface area contributed by atoms with E-state index in [1.807, 2.05) is 13.8 Å². The smallest absolute Gasteiger partial charge is 0.340 e. The first-order valence-electron chi connectivity index (χ1n) is 8.06. The molecule has 0 radical (unpaired) electrons. The fourth-order valence-electron chi connectivity index (χ4n) is 2.70. The Morgan fingerprint density at radius 1 is 1.38 bits per heavy atom. The maximum Gasteiger partial charge on any atom is 0.340 e. The Labute approximate surface area is 142 Å². The van der Waals surface area contributed by atoms with E-state index in [1.165, 1.54) is 0 Å². The van der Waals surface area contributed by atoms with Crippen LogP contribution in [0.4, 0.5) is 0 Å². The summed E-state index contributed by atoms with van der Waals surface area (Å²) in [6.45, 7) is 8.30. The Morgan fingerprint density at radius 3 is 2.67 bits per heavy atom. The molecule has 0 atom stereocenters. The zero-order valence-electron chi connectivity index (χ0n) is 14.5. The monoisotopic (exact) mass is 329 g/mol. The molecule has 0 aliphatic carbocycles. The van der Waals surface area contributed by atoms with E-state index in [0.717, 1.165) is 0 Å². The predicted molar refractivity (Wildman–Crippen MR) is 92.0 cm³/mol. The highest BCUT2D eigenvalue weighted by Gasteiger charge is 2.37. The third kappa shape index (κ3) is 3.67. The van der Waals surface area contributed by atoms with Crippen molar-refractivity contribution in [2.45, 2.75) is 27.7 Å². The van der Waals surface area contributed by atoms with Crippen molar-refractivity contribution in [1.82, 2.24) is 4.90 Å². The molecule has 1 aromatic carbocycles. The molecule has 0 saturated carbocycles. The second-order valence-corrected chi connectivity index (χ2v) is 6.14. The molecule has 1 aromatic rings. The van der Waals surface area contributed by atoms with Gasteiger partial charge in [0.25, 0.3) is 5.91 Å². The molecule has 1 amide bonds. The number of esters is 1. The van der Waals surface area contributed by atoms with Gasteiger partial charge in [-0.15, -0.1) is 0 Å². The molecule has 5 heteroatoms. The number of hydrogen-bond acceptors (Lipinski definition) is 4. The van der Waals surface area contributed by atoms with Crippen molar-refractivity contribution in [3.05, 3.63) is 46.7 Å². The second-order valence-electron chi connectivity index (χ2n) is 6.14. The molecule has 5 nitrogen and oxygen atoms in total. The minimum absolute atomic E-state index is 0.104. The summed E-state index contributed by atoms with van der Waals surface area (Å²) in [7, 11) is 0. The molecule has 0 bridgehead atoms. The molecule has 1 heterocycles. The molecular weight excluding hydrogens is 306 g/mol. The largest absolute Gasteiger partial charge is 0.508 e. The number of carbonyl (C=O) groups is 2. The number of nitrogens with zero attached hydrogens (tertiary/aromatic N) is 1. The molecule has 0 unspecified atom stereocenters. The van der Waals surface area contributed by atoms with Crippen LogP contribution >= 0.6 is 0 Å². The summed E-state index contributed by atoms with van der Waals surface area (Å²) >= 11 is 0. The lowest BCUT2D eigenvalue weighted by Gasteiger charge is -2.19. The Bertz CT molecular complexity index is 716. The summed E-state index contributed by atoms with van der Waals surface area (Å²) in [5, 5.41) is 9.61. The molecule has 1 N–H and O–H groups in total. The average Bonchev–Trinajstić information content (AvgIpc) is 2.72. The third-order valence-corrected chi connectivity index (χ3v) is 3.72. The van der Waals surface area contributed by atoms with E-state index in [9.17, 15) is 14.7 Å². The van der Waals surface area contributed by atoms with Gasteiger partial charge in [-0.2, -0.15) is 0 Å². The van der Waals surface area contributed by atoms with E-state index >= 15 is 0 Å². The van der Waals surface area contributed by atoms with Crippen molar-refractivity contribution in [3.8, 4) is 5.75 Å². The SMILES string of the molecule is CCOC(=O)C1=C(C)N(CC(C)C)C(=O)C1=Cc1cccc(O)c1. The number of carbonyl (C=O) groups excluding carboxylic acids is 2. The van der Waals surface area contributed by atoms with Gasteiger partial charge in [-0.25, -0.2) is 4.79 Å². The van der Waals surface area contributed by atoms with E-state index in [2.05, 4.69) is 0 Å². The Kier molecular flexibility index (Phi) is 5.44. The van der Waals surface area contributed by atoms with Crippen molar-refractivity contribution in [3.63, 3.8) is 0 Å². The summed E-state index contributed by atoms with van der Waals surface area (Å²) in [6.07, 6.45) is 1.62. The summed E-state index contributed by atoms with van der Waals surface area (Å²) in [5.41, 5.74) is 1.86. The molecular formula is C19H23NO4. The average molecular weight is 329 g/mol. The molecule has 1 aliphatic heterocycles. The normalized spacial score (nSPS) is 16.5. The highest BCUT2D eigenvalue weighted by molar-refractivity contribution is 6.16. The topological polar surface area (TPSA) is 66.8 Å². The van der Waals surface area contributed by atoms with Gasteiger partial charge >= 0.3 is 5.97 Å². The van der Waals surface area contributed by atoms with Gasteiger partial charge in [0, 0.05) is 12.2 Å². The Balaban J connectivity index is 2.51. The molecule has 24 heavy (non-hydrogen) atoms. The van der Waals surface area contributed by atoms with E-state index in [-0.39, 0.29) is 24.2 Å². The predicted octanol–water partition coefficient (Wildman–Crippen LogP) is 3.11. The lowest BCUT2D eigenvalue weighted by molar-refractivity contribution is -0.138. The molecule has 0 aromatic heterocycles. The van der Waals surface area contributed by atoms with Crippen molar-refractivity contribution in [2.24, 2.45) is 5.92 Å². The second kappa shape index (κ2) is 7.34. The number of allylic oxidation sites excluding steroid dienone is 1. The number of amides is 1. The summed E-state index contributed by atoms with van der Waals surface area (Å²) < 4.78 is 5.12. The fourth-order valence-corrected chi connectivity index (χ4v) is 2.70. The van der Waals surface area contributed by atoms with Crippen molar-refractivity contribution < 1.29 is 19.4 Å². The molecule has 128 valence electrons. The van der Waals surface area contributed by atoms with Gasteiger partial charge in [-0.05, 0) is 43.5 Å². The first kappa shape index (κ1) is 17.8. The van der Waals surface area contributed by atoms with Crippen LogP contribution < -0.4 is 0 Å². The molecule has 1 aliphatic rings. The van der Waals surface area contributed by atoms with Crippen molar-refractivity contribution in [1.29, 1.82) is 0 Å². The highest BCUT2D eigenvalue weighted by Crippen LogP contribution is 2.32. The van der Waals surface area contributed by atoms with Gasteiger partial charge in [-0.1, -0.05) is 26.0 Å².